The van der Waals surface area contributed by atoms with E-state index in [9.17, 15) is 18.0 Å². The Labute approximate surface area is 122 Å². The number of carbonyl (C=O) groups excluding carboxylic acids is 1. The summed E-state index contributed by atoms with van der Waals surface area (Å²) in [5.41, 5.74) is 0.319. The molecule has 21 heavy (non-hydrogen) atoms. The minimum atomic E-state index is -3.57. The van der Waals surface area contributed by atoms with Gasteiger partial charge in [-0.1, -0.05) is 6.07 Å². The fraction of sp³-hybridized carbons (Fsp3) is 0.385. The van der Waals surface area contributed by atoms with Crippen molar-refractivity contribution in [3.05, 3.63) is 24.3 Å². The van der Waals surface area contributed by atoms with Gasteiger partial charge in [0.05, 0.1) is 0 Å². The number of sulfone groups is 1. The Hall–Kier alpha value is -2.09. The first-order valence-electron chi connectivity index (χ1n) is 6.00. The molecule has 2 N–H and O–H groups in total. The highest BCUT2D eigenvalue weighted by Crippen LogP contribution is 2.21. The minimum absolute atomic E-state index is 0.257. The molecule has 0 unspecified atom stereocenters. The Morgan fingerprint density at radius 3 is 2.48 bits per heavy atom. The van der Waals surface area contributed by atoms with Crippen molar-refractivity contribution in [3.63, 3.8) is 0 Å². The molecule has 1 amide bonds. The number of rotatable bonds is 6. The zero-order valence-electron chi connectivity index (χ0n) is 11.9. The summed E-state index contributed by atoms with van der Waals surface area (Å²) >= 11 is 0. The Bertz CT molecular complexity index is 650. The molecule has 0 aliphatic heterocycles. The number of benzene rings is 1. The molecule has 0 fully saturated rings. The fourth-order valence-corrected chi connectivity index (χ4v) is 1.65. The Morgan fingerprint density at radius 2 is 1.95 bits per heavy atom. The maximum atomic E-state index is 12.0. The van der Waals surface area contributed by atoms with Crippen molar-refractivity contribution in [2.75, 3.05) is 18.2 Å². The van der Waals surface area contributed by atoms with Gasteiger partial charge in [-0.3, -0.25) is 4.79 Å². The number of hydrogen-bond donors (Lipinski definition) is 2. The molecule has 0 aromatic heterocycles. The number of carboxylic acid groups (broad SMARTS) is 1. The zero-order valence-corrected chi connectivity index (χ0v) is 12.7. The molecule has 1 aromatic carbocycles. The predicted octanol–water partition coefficient (Wildman–Crippen LogP) is 0.912. The van der Waals surface area contributed by atoms with E-state index in [-0.39, 0.29) is 5.75 Å². The van der Waals surface area contributed by atoms with E-state index in [1.54, 1.807) is 12.1 Å². The van der Waals surface area contributed by atoms with Crippen LogP contribution in [0.25, 0.3) is 0 Å². The third kappa shape index (κ3) is 4.45. The van der Waals surface area contributed by atoms with Crippen molar-refractivity contribution < 1.29 is 27.9 Å². The van der Waals surface area contributed by atoms with E-state index in [1.807, 2.05) is 0 Å². The van der Waals surface area contributed by atoms with E-state index in [2.05, 4.69) is 5.32 Å². The monoisotopic (exact) mass is 315 g/mol. The number of ether oxygens (including phenoxy) is 1. The van der Waals surface area contributed by atoms with Crippen molar-refractivity contribution in [1.29, 1.82) is 0 Å². The van der Waals surface area contributed by atoms with Gasteiger partial charge in [-0.05, 0) is 26.0 Å². The van der Waals surface area contributed by atoms with Crippen molar-refractivity contribution in [2.24, 2.45) is 0 Å². The lowest BCUT2D eigenvalue weighted by atomic mass is 10.2. The van der Waals surface area contributed by atoms with Crippen LogP contribution in [-0.4, -0.2) is 43.0 Å². The number of carbonyl (C=O) groups is 2. The van der Waals surface area contributed by atoms with Crippen molar-refractivity contribution in [1.82, 2.24) is 0 Å². The Morgan fingerprint density at radius 1 is 1.33 bits per heavy atom. The second-order valence-corrected chi connectivity index (χ2v) is 7.51. The van der Waals surface area contributed by atoms with Crippen LogP contribution in [0.5, 0.6) is 5.75 Å². The van der Waals surface area contributed by atoms with Gasteiger partial charge in [-0.15, -0.1) is 0 Å². The molecule has 1 aromatic rings. The topological polar surface area (TPSA) is 110 Å². The maximum Gasteiger partial charge on any atom is 0.341 e. The first-order valence-corrected chi connectivity index (χ1v) is 7.89. The number of nitrogens with one attached hydrogen (secondary N) is 1. The lowest BCUT2D eigenvalue weighted by molar-refractivity contribution is -0.139. The van der Waals surface area contributed by atoms with Crippen LogP contribution in [0.3, 0.4) is 0 Å². The molecule has 8 heteroatoms. The molecule has 0 saturated heterocycles. The van der Waals surface area contributed by atoms with Gasteiger partial charge < -0.3 is 15.2 Å². The van der Waals surface area contributed by atoms with E-state index in [1.165, 1.54) is 26.0 Å². The van der Waals surface area contributed by atoms with Gasteiger partial charge in [0.2, 0.25) is 5.91 Å². The van der Waals surface area contributed by atoms with E-state index >= 15 is 0 Å². The highest BCUT2D eigenvalue weighted by molar-refractivity contribution is 7.92. The second kappa shape index (κ2) is 6.13. The molecule has 0 atom stereocenters. The van der Waals surface area contributed by atoms with Gasteiger partial charge >= 0.3 is 5.97 Å². The summed E-state index contributed by atoms with van der Waals surface area (Å²) in [6.07, 6.45) is 0.985. The molecule has 1 rings (SSSR count). The number of hydrogen-bond acceptors (Lipinski definition) is 5. The summed E-state index contributed by atoms with van der Waals surface area (Å²) in [4.78, 5) is 22.4. The number of carboxylic acids is 1. The molecule has 0 saturated carbocycles. The number of anilines is 1. The molecule has 0 heterocycles. The van der Waals surface area contributed by atoms with Gasteiger partial charge in [0.15, 0.2) is 16.4 Å². The second-order valence-electron chi connectivity index (χ2n) is 4.95. The number of amides is 1. The molecular formula is C13H17NO6S. The van der Waals surface area contributed by atoms with Crippen LogP contribution in [-0.2, 0) is 19.4 Å². The highest BCUT2D eigenvalue weighted by atomic mass is 32.2. The quantitative estimate of drug-likeness (QED) is 0.807. The highest BCUT2D eigenvalue weighted by Gasteiger charge is 2.38. The lowest BCUT2D eigenvalue weighted by Crippen LogP contribution is -2.43. The summed E-state index contributed by atoms with van der Waals surface area (Å²) < 4.78 is 26.6. The molecule has 7 nitrogen and oxygen atoms in total. The molecule has 0 radical (unpaired) electrons. The molecule has 0 aliphatic carbocycles. The van der Waals surface area contributed by atoms with Crippen molar-refractivity contribution in [2.45, 2.75) is 18.6 Å². The van der Waals surface area contributed by atoms with Crippen LogP contribution in [0.15, 0.2) is 24.3 Å². The zero-order chi connectivity index (χ0) is 16.3. The molecule has 116 valence electrons. The summed E-state index contributed by atoms with van der Waals surface area (Å²) in [5.74, 6) is -1.55. The third-order valence-corrected chi connectivity index (χ3v) is 4.97. The average molecular weight is 315 g/mol. The summed E-state index contributed by atoms with van der Waals surface area (Å²) in [6.45, 7) is 2.11. The fourth-order valence-electron chi connectivity index (χ4n) is 1.26. The maximum absolute atomic E-state index is 12.0. The SMILES string of the molecule is CC(C)(C(=O)Nc1cccc(OCC(=O)O)c1)S(C)(=O)=O. The van der Waals surface area contributed by atoms with Crippen LogP contribution in [0.1, 0.15) is 13.8 Å². The normalized spacial score (nSPS) is 11.8. The van der Waals surface area contributed by atoms with Crippen molar-refractivity contribution in [3.8, 4) is 5.75 Å². The van der Waals surface area contributed by atoms with E-state index in [0.717, 1.165) is 6.26 Å². The Kier molecular flexibility index (Phi) is 4.95. The first-order chi connectivity index (χ1) is 9.54. The van der Waals surface area contributed by atoms with E-state index in [4.69, 9.17) is 9.84 Å². The van der Waals surface area contributed by atoms with E-state index in [0.29, 0.717) is 5.69 Å². The smallest absolute Gasteiger partial charge is 0.341 e. The lowest BCUT2D eigenvalue weighted by Gasteiger charge is -2.21. The average Bonchev–Trinajstić information content (AvgIpc) is 2.35. The molecule has 0 bridgehead atoms. The summed E-state index contributed by atoms with van der Waals surface area (Å²) in [6, 6.07) is 6.05. The molecular weight excluding hydrogens is 298 g/mol. The van der Waals surface area contributed by atoms with Gasteiger partial charge in [-0.25, -0.2) is 13.2 Å². The standard InChI is InChI=1S/C13H17NO6S/c1-13(2,21(3,18)19)12(17)14-9-5-4-6-10(7-9)20-8-11(15)16/h4-7H,8H2,1-3H3,(H,14,17)(H,15,16). The molecule has 0 aliphatic rings. The Balaban J connectivity index is 2.87. The predicted molar refractivity (Wildman–Crippen MR) is 77.1 cm³/mol. The van der Waals surface area contributed by atoms with E-state index < -0.39 is 33.1 Å². The van der Waals surface area contributed by atoms with Gasteiger partial charge in [0, 0.05) is 18.0 Å². The van der Waals surface area contributed by atoms with Crippen molar-refractivity contribution >= 4 is 27.4 Å². The van der Waals surface area contributed by atoms with Gasteiger partial charge in [0.1, 0.15) is 10.5 Å². The van der Waals surface area contributed by atoms with Crippen LogP contribution < -0.4 is 10.1 Å². The van der Waals surface area contributed by atoms with Crippen LogP contribution in [0, 0.1) is 0 Å². The van der Waals surface area contributed by atoms with Crippen LogP contribution in [0.2, 0.25) is 0 Å². The molecule has 0 spiro atoms. The summed E-state index contributed by atoms with van der Waals surface area (Å²) in [5, 5.41) is 11.0. The number of aliphatic carboxylic acids is 1. The summed E-state index contributed by atoms with van der Waals surface area (Å²) in [7, 11) is -3.57. The van der Waals surface area contributed by atoms with Crippen LogP contribution in [0.4, 0.5) is 5.69 Å². The van der Waals surface area contributed by atoms with Gasteiger partial charge in [0.25, 0.3) is 0 Å². The minimum Gasteiger partial charge on any atom is -0.482 e. The largest absolute Gasteiger partial charge is 0.482 e. The van der Waals surface area contributed by atoms with Crippen LogP contribution >= 0.6 is 0 Å². The van der Waals surface area contributed by atoms with Gasteiger partial charge in [-0.2, -0.15) is 0 Å². The third-order valence-electron chi connectivity index (χ3n) is 2.93. The first kappa shape index (κ1) is 17.0.